The summed E-state index contributed by atoms with van der Waals surface area (Å²) in [5.74, 6) is 0.244. The molecule has 0 radical (unpaired) electrons. The highest BCUT2D eigenvalue weighted by atomic mass is 32.2. The van der Waals surface area contributed by atoms with E-state index in [1.165, 1.54) is 54.6 Å². The zero-order valence-electron chi connectivity index (χ0n) is 17.0. The number of carbonyl (C=O) groups is 1. The van der Waals surface area contributed by atoms with Gasteiger partial charge in [-0.15, -0.1) is 0 Å². The molecule has 0 spiro atoms. The average molecular weight is 492 g/mol. The fraction of sp³-hybridized carbons (Fsp3) is 0.105. The first kappa shape index (κ1) is 23.6. The van der Waals surface area contributed by atoms with Crippen LogP contribution in [0, 0.1) is 17.0 Å². The lowest BCUT2D eigenvalue weighted by molar-refractivity contribution is -0.384. The zero-order chi connectivity index (χ0) is 24.0. The van der Waals surface area contributed by atoms with Crippen LogP contribution in [0.25, 0.3) is 0 Å². The molecule has 0 aliphatic rings. The lowest BCUT2D eigenvalue weighted by atomic mass is 10.3. The first-order chi connectivity index (χ1) is 15.6. The Morgan fingerprint density at radius 3 is 2.42 bits per heavy atom. The number of amides is 1. The maximum absolute atomic E-state index is 12.4. The highest BCUT2D eigenvalue weighted by molar-refractivity contribution is 7.92. The van der Waals surface area contributed by atoms with Crippen molar-refractivity contribution in [3.05, 3.63) is 70.5 Å². The van der Waals surface area contributed by atoms with Gasteiger partial charge < -0.3 is 14.6 Å². The number of ether oxygens (including phenoxy) is 1. The lowest BCUT2D eigenvalue weighted by Gasteiger charge is -2.11. The number of nitrogens with zero attached hydrogens (tertiary/aromatic N) is 2. The Hall–Kier alpha value is -4.04. The Morgan fingerprint density at radius 1 is 1.18 bits per heavy atom. The number of sulfonamides is 1. The van der Waals surface area contributed by atoms with Crippen LogP contribution in [0.15, 0.2) is 64.0 Å². The SMILES string of the molecule is Cc1cc(NS(=O)(=O)c2ccc(NC(=S)NC(=O)COc3ccc([N+](=O)[O-])cc3)cc2)no1. The summed E-state index contributed by atoms with van der Waals surface area (Å²) in [5.41, 5.74) is 0.341. The van der Waals surface area contributed by atoms with Crippen molar-refractivity contribution in [2.24, 2.45) is 0 Å². The average Bonchev–Trinajstić information content (AvgIpc) is 3.16. The van der Waals surface area contributed by atoms with Crippen LogP contribution < -0.4 is 20.1 Å². The Kier molecular flexibility index (Phi) is 7.20. The number of aryl methyl sites for hydroxylation is 1. The minimum Gasteiger partial charge on any atom is -0.484 e. The Morgan fingerprint density at radius 2 is 1.85 bits per heavy atom. The van der Waals surface area contributed by atoms with Gasteiger partial charge in [-0.1, -0.05) is 5.16 Å². The van der Waals surface area contributed by atoms with E-state index >= 15 is 0 Å². The smallest absolute Gasteiger partial charge is 0.269 e. The summed E-state index contributed by atoms with van der Waals surface area (Å²) >= 11 is 5.06. The lowest BCUT2D eigenvalue weighted by Crippen LogP contribution is -2.37. The molecule has 0 unspecified atom stereocenters. The summed E-state index contributed by atoms with van der Waals surface area (Å²) in [5, 5.41) is 19.3. The van der Waals surface area contributed by atoms with Gasteiger partial charge in [0.2, 0.25) is 0 Å². The van der Waals surface area contributed by atoms with E-state index in [-0.39, 0.29) is 33.9 Å². The number of rotatable bonds is 8. The quantitative estimate of drug-likeness (QED) is 0.242. The maximum Gasteiger partial charge on any atom is 0.269 e. The van der Waals surface area contributed by atoms with E-state index in [2.05, 4.69) is 20.5 Å². The van der Waals surface area contributed by atoms with Crippen molar-refractivity contribution in [2.45, 2.75) is 11.8 Å². The van der Waals surface area contributed by atoms with Gasteiger partial charge in [0.25, 0.3) is 21.6 Å². The number of nitrogens with one attached hydrogen (secondary N) is 3. The second-order valence-electron chi connectivity index (χ2n) is 6.49. The van der Waals surface area contributed by atoms with Gasteiger partial charge in [0.1, 0.15) is 11.5 Å². The largest absolute Gasteiger partial charge is 0.484 e. The van der Waals surface area contributed by atoms with Crippen molar-refractivity contribution in [1.82, 2.24) is 10.5 Å². The van der Waals surface area contributed by atoms with E-state index in [9.17, 15) is 23.3 Å². The number of hydrogen-bond acceptors (Lipinski definition) is 9. The number of nitro benzene ring substituents is 1. The Bertz CT molecular complexity index is 1270. The Balaban J connectivity index is 1.49. The molecule has 3 aromatic rings. The molecule has 1 heterocycles. The van der Waals surface area contributed by atoms with Crippen LogP contribution in [0.5, 0.6) is 5.75 Å². The van der Waals surface area contributed by atoms with Crippen molar-refractivity contribution in [3.8, 4) is 5.75 Å². The molecule has 3 N–H and O–H groups in total. The summed E-state index contributed by atoms with van der Waals surface area (Å²) in [6.45, 7) is 1.26. The number of aromatic nitrogens is 1. The molecule has 1 aromatic heterocycles. The molecule has 172 valence electrons. The van der Waals surface area contributed by atoms with E-state index in [1.807, 2.05) is 0 Å². The van der Waals surface area contributed by atoms with Crippen molar-refractivity contribution in [2.75, 3.05) is 16.6 Å². The van der Waals surface area contributed by atoms with Gasteiger partial charge in [-0.25, -0.2) is 8.42 Å². The van der Waals surface area contributed by atoms with Gasteiger partial charge in [0, 0.05) is 23.9 Å². The van der Waals surface area contributed by atoms with E-state index in [1.54, 1.807) is 6.92 Å². The molecular weight excluding hydrogens is 474 g/mol. The number of hydrogen-bond donors (Lipinski definition) is 3. The molecule has 0 saturated heterocycles. The molecule has 0 saturated carbocycles. The molecule has 0 bridgehead atoms. The molecule has 2 aromatic carbocycles. The first-order valence-electron chi connectivity index (χ1n) is 9.17. The number of anilines is 2. The fourth-order valence-corrected chi connectivity index (χ4v) is 3.68. The number of thiocarbonyl (C=S) groups is 1. The van der Waals surface area contributed by atoms with Gasteiger partial charge in [0.15, 0.2) is 17.5 Å². The summed E-state index contributed by atoms with van der Waals surface area (Å²) in [6.07, 6.45) is 0. The molecule has 12 nitrogen and oxygen atoms in total. The molecule has 0 aliphatic carbocycles. The van der Waals surface area contributed by atoms with Crippen LogP contribution in [0.4, 0.5) is 17.2 Å². The third-order valence-electron chi connectivity index (χ3n) is 3.96. The van der Waals surface area contributed by atoms with Crippen LogP contribution in [0.2, 0.25) is 0 Å². The van der Waals surface area contributed by atoms with Crippen LogP contribution in [-0.2, 0) is 14.8 Å². The van der Waals surface area contributed by atoms with Crippen LogP contribution in [0.1, 0.15) is 5.76 Å². The van der Waals surface area contributed by atoms with Crippen molar-refractivity contribution >= 4 is 50.5 Å². The van der Waals surface area contributed by atoms with Gasteiger partial charge in [0.05, 0.1) is 9.82 Å². The molecule has 0 fully saturated rings. The number of nitro groups is 1. The van der Waals surface area contributed by atoms with E-state index in [0.717, 1.165) is 0 Å². The van der Waals surface area contributed by atoms with Crippen molar-refractivity contribution in [3.63, 3.8) is 0 Å². The van der Waals surface area contributed by atoms with Crippen LogP contribution in [-0.4, -0.2) is 36.1 Å². The summed E-state index contributed by atoms with van der Waals surface area (Å²) in [6, 6.07) is 12.3. The summed E-state index contributed by atoms with van der Waals surface area (Å²) < 4.78 is 37.1. The second-order valence-corrected chi connectivity index (χ2v) is 8.59. The second kappa shape index (κ2) is 10.1. The predicted octanol–water partition coefficient (Wildman–Crippen LogP) is 2.58. The monoisotopic (exact) mass is 491 g/mol. The van der Waals surface area contributed by atoms with Gasteiger partial charge >= 0.3 is 0 Å². The third-order valence-corrected chi connectivity index (χ3v) is 5.53. The molecule has 14 heteroatoms. The third kappa shape index (κ3) is 6.72. The highest BCUT2D eigenvalue weighted by Crippen LogP contribution is 2.19. The van der Waals surface area contributed by atoms with Crippen LogP contribution >= 0.6 is 12.2 Å². The van der Waals surface area contributed by atoms with E-state index in [0.29, 0.717) is 11.4 Å². The highest BCUT2D eigenvalue weighted by Gasteiger charge is 2.16. The molecule has 0 atom stereocenters. The van der Waals surface area contributed by atoms with Gasteiger partial charge in [-0.05, 0) is 55.5 Å². The number of non-ortho nitro benzene ring substituents is 1. The minimum absolute atomic E-state index is 0.0137. The Labute approximate surface area is 193 Å². The van der Waals surface area contributed by atoms with Gasteiger partial charge in [-0.2, -0.15) is 0 Å². The van der Waals surface area contributed by atoms with Crippen molar-refractivity contribution in [1.29, 1.82) is 0 Å². The van der Waals surface area contributed by atoms with E-state index in [4.69, 9.17) is 21.5 Å². The van der Waals surface area contributed by atoms with Gasteiger partial charge in [-0.3, -0.25) is 24.9 Å². The summed E-state index contributed by atoms with van der Waals surface area (Å²) in [4.78, 5) is 22.1. The topological polar surface area (TPSA) is 166 Å². The predicted molar refractivity (Wildman–Crippen MR) is 121 cm³/mol. The standard InChI is InChI=1S/C19H17N5O7S2/c1-12-10-17(22-31-12)23-33(28,29)16-8-2-13(3-9-16)20-19(32)21-18(25)11-30-15-6-4-14(5-7-15)24(26)27/h2-10H,11H2,1H3,(H,22,23)(H2,20,21,25,32). The molecule has 33 heavy (non-hydrogen) atoms. The molecule has 3 rings (SSSR count). The fourth-order valence-electron chi connectivity index (χ4n) is 2.47. The number of carbonyl (C=O) groups excluding carboxylic acids is 1. The first-order valence-corrected chi connectivity index (χ1v) is 11.1. The number of benzene rings is 2. The maximum atomic E-state index is 12.4. The molecule has 1 amide bonds. The van der Waals surface area contributed by atoms with Crippen LogP contribution in [0.3, 0.4) is 0 Å². The summed E-state index contributed by atoms with van der Waals surface area (Å²) in [7, 11) is -3.86. The normalized spacial score (nSPS) is 10.8. The molecular formula is C19H17N5O7S2. The molecule has 0 aliphatic heterocycles. The van der Waals surface area contributed by atoms with E-state index < -0.39 is 20.9 Å². The minimum atomic E-state index is -3.86. The van der Waals surface area contributed by atoms with Crippen molar-refractivity contribution < 1.29 is 27.4 Å². The zero-order valence-corrected chi connectivity index (χ0v) is 18.6.